The second kappa shape index (κ2) is 10.6. The summed E-state index contributed by atoms with van der Waals surface area (Å²) < 4.78 is 72.7. The first-order valence-corrected chi connectivity index (χ1v) is 12.3. The van der Waals surface area contributed by atoms with E-state index in [9.17, 15) is 32.0 Å². The smallest absolute Gasteiger partial charge is 0.426 e. The third kappa shape index (κ3) is 5.78. The zero-order chi connectivity index (χ0) is 29.4. The SMILES string of the molecule is CCC(F)(F)c1cccc(NC(=O)c2c(C)nc(-c3ccc(OC(F)(F)F)c(-c4c(C)cccc4C)c3)n2O)c1. The zero-order valence-electron chi connectivity index (χ0n) is 22.0. The van der Waals surface area contributed by atoms with Gasteiger partial charge in [0.1, 0.15) is 5.75 Å². The van der Waals surface area contributed by atoms with E-state index in [4.69, 9.17) is 0 Å². The summed E-state index contributed by atoms with van der Waals surface area (Å²) >= 11 is 0. The van der Waals surface area contributed by atoms with Crippen LogP contribution in [0.4, 0.5) is 27.6 Å². The number of imidazole rings is 1. The number of carbonyl (C=O) groups is 1. The van der Waals surface area contributed by atoms with Crippen LogP contribution in [-0.2, 0) is 5.92 Å². The van der Waals surface area contributed by atoms with Crippen molar-refractivity contribution in [3.63, 3.8) is 0 Å². The topological polar surface area (TPSA) is 76.4 Å². The van der Waals surface area contributed by atoms with Crippen molar-refractivity contribution in [1.29, 1.82) is 0 Å². The predicted molar refractivity (Wildman–Crippen MR) is 140 cm³/mol. The summed E-state index contributed by atoms with van der Waals surface area (Å²) in [5, 5.41) is 13.4. The van der Waals surface area contributed by atoms with Crippen LogP contribution in [0, 0.1) is 20.8 Å². The summed E-state index contributed by atoms with van der Waals surface area (Å²) in [6, 6.07) is 14.3. The minimum Gasteiger partial charge on any atom is -0.426 e. The molecule has 0 aliphatic heterocycles. The van der Waals surface area contributed by atoms with E-state index in [2.05, 4.69) is 15.0 Å². The van der Waals surface area contributed by atoms with Crippen molar-refractivity contribution < 1.29 is 36.7 Å². The molecule has 0 fully saturated rings. The standard InChI is InChI=1S/C29H26F5N3O3/c1-5-28(30,31)20-10-7-11-21(15-20)36-27(38)25-18(4)35-26(37(25)39)19-12-13-23(40-29(32,33)34)22(14-19)24-16(2)8-6-9-17(24)3/h6-15,39H,5H2,1-4H3,(H,36,38). The normalized spacial score (nSPS) is 11.9. The lowest BCUT2D eigenvalue weighted by atomic mass is 9.93. The number of alkyl halides is 5. The average Bonchev–Trinajstić information content (AvgIpc) is 3.17. The monoisotopic (exact) mass is 559 g/mol. The molecule has 0 aliphatic rings. The molecule has 1 amide bonds. The number of nitrogens with zero attached hydrogens (tertiary/aromatic N) is 2. The number of rotatable bonds is 7. The van der Waals surface area contributed by atoms with E-state index in [-0.39, 0.29) is 39.6 Å². The molecule has 0 aliphatic carbocycles. The van der Waals surface area contributed by atoms with Crippen molar-refractivity contribution >= 4 is 11.6 Å². The first kappa shape index (κ1) is 28.6. The first-order chi connectivity index (χ1) is 18.7. The number of aromatic nitrogens is 2. The van der Waals surface area contributed by atoms with Crippen LogP contribution in [0.3, 0.4) is 0 Å². The van der Waals surface area contributed by atoms with E-state index in [0.29, 0.717) is 21.4 Å². The molecule has 3 aromatic carbocycles. The molecule has 4 rings (SSSR count). The molecule has 6 nitrogen and oxygen atoms in total. The quantitative estimate of drug-likeness (QED) is 0.178. The molecule has 210 valence electrons. The number of ether oxygens (including phenoxy) is 1. The molecule has 4 aromatic rings. The average molecular weight is 560 g/mol. The fraction of sp³-hybridized carbons (Fsp3) is 0.241. The van der Waals surface area contributed by atoms with Crippen molar-refractivity contribution in [3.05, 3.63) is 88.7 Å². The summed E-state index contributed by atoms with van der Waals surface area (Å²) in [7, 11) is 0. The second-order valence-electron chi connectivity index (χ2n) is 9.30. The lowest BCUT2D eigenvalue weighted by Gasteiger charge is -2.17. The van der Waals surface area contributed by atoms with Crippen molar-refractivity contribution in [2.75, 3.05) is 5.32 Å². The minimum absolute atomic E-state index is 0.0868. The summed E-state index contributed by atoms with van der Waals surface area (Å²) in [5.41, 5.74) is 1.88. The number of hydrogen-bond donors (Lipinski definition) is 2. The fourth-order valence-electron chi connectivity index (χ4n) is 4.50. The number of hydrogen-bond acceptors (Lipinski definition) is 4. The Morgan fingerprint density at radius 1 is 0.975 bits per heavy atom. The molecule has 0 atom stereocenters. The number of nitrogens with one attached hydrogen (secondary N) is 1. The van der Waals surface area contributed by atoms with E-state index < -0.39 is 30.4 Å². The van der Waals surface area contributed by atoms with Gasteiger partial charge in [0.25, 0.3) is 11.8 Å². The van der Waals surface area contributed by atoms with Crippen molar-refractivity contribution in [2.24, 2.45) is 0 Å². The molecule has 11 heteroatoms. The van der Waals surface area contributed by atoms with Gasteiger partial charge in [-0.1, -0.05) is 37.3 Å². The maximum Gasteiger partial charge on any atom is 0.573 e. The minimum atomic E-state index is -4.94. The van der Waals surface area contributed by atoms with Crippen molar-refractivity contribution in [3.8, 4) is 28.3 Å². The van der Waals surface area contributed by atoms with Crippen LogP contribution in [0.5, 0.6) is 5.75 Å². The third-order valence-electron chi connectivity index (χ3n) is 6.44. The third-order valence-corrected chi connectivity index (χ3v) is 6.44. The highest BCUT2D eigenvalue weighted by molar-refractivity contribution is 6.04. The Balaban J connectivity index is 1.75. The number of benzene rings is 3. The van der Waals surface area contributed by atoms with Crippen LogP contribution in [-0.4, -0.2) is 27.2 Å². The summed E-state index contributed by atoms with van der Waals surface area (Å²) in [6.45, 7) is 6.29. The van der Waals surface area contributed by atoms with E-state index in [1.165, 1.54) is 44.2 Å². The molecule has 0 bridgehead atoms. The van der Waals surface area contributed by atoms with Crippen molar-refractivity contribution in [1.82, 2.24) is 9.71 Å². The summed E-state index contributed by atoms with van der Waals surface area (Å²) in [6.07, 6.45) is -5.37. The molecule has 1 heterocycles. The molecule has 2 N–H and O–H groups in total. The van der Waals surface area contributed by atoms with Crippen LogP contribution in [0.15, 0.2) is 60.7 Å². The lowest BCUT2D eigenvalue weighted by Crippen LogP contribution is -2.18. The Morgan fingerprint density at radius 2 is 1.62 bits per heavy atom. The molecule has 0 saturated heterocycles. The Hall–Kier alpha value is -4.41. The van der Waals surface area contributed by atoms with E-state index in [1.807, 2.05) is 0 Å². The fourth-order valence-corrected chi connectivity index (χ4v) is 4.50. The van der Waals surface area contributed by atoms with Gasteiger partial charge >= 0.3 is 6.36 Å². The van der Waals surface area contributed by atoms with Crippen LogP contribution < -0.4 is 10.1 Å². The Labute approximate surface area is 227 Å². The Kier molecular flexibility index (Phi) is 7.60. The maximum absolute atomic E-state index is 14.1. The summed E-state index contributed by atoms with van der Waals surface area (Å²) in [5.74, 6) is -4.46. The van der Waals surface area contributed by atoms with Crippen LogP contribution in [0.2, 0.25) is 0 Å². The van der Waals surface area contributed by atoms with Crippen LogP contribution >= 0.6 is 0 Å². The summed E-state index contributed by atoms with van der Waals surface area (Å²) in [4.78, 5) is 17.3. The molecule has 40 heavy (non-hydrogen) atoms. The molecule has 0 spiro atoms. The van der Waals surface area contributed by atoms with Gasteiger partial charge in [-0.2, -0.15) is 4.73 Å². The van der Waals surface area contributed by atoms with Crippen molar-refractivity contribution in [2.45, 2.75) is 46.4 Å². The van der Waals surface area contributed by atoms with Crippen LogP contribution in [0.25, 0.3) is 22.5 Å². The molecular weight excluding hydrogens is 533 g/mol. The highest BCUT2D eigenvalue weighted by Gasteiger charge is 2.33. The van der Waals surface area contributed by atoms with Gasteiger partial charge in [0, 0.05) is 28.8 Å². The number of carbonyl (C=O) groups excluding carboxylic acids is 1. The Bertz CT molecular complexity index is 1560. The molecular formula is C29H26F5N3O3. The van der Waals surface area contributed by atoms with E-state index in [1.54, 1.807) is 32.0 Å². The maximum atomic E-state index is 14.1. The molecule has 0 saturated carbocycles. The molecule has 0 radical (unpaired) electrons. The van der Waals surface area contributed by atoms with Gasteiger partial charge in [0.2, 0.25) is 0 Å². The largest absolute Gasteiger partial charge is 0.573 e. The van der Waals surface area contributed by atoms with Gasteiger partial charge in [-0.25, -0.2) is 13.8 Å². The molecule has 1 aromatic heterocycles. The van der Waals surface area contributed by atoms with E-state index in [0.717, 1.165) is 12.1 Å². The van der Waals surface area contributed by atoms with E-state index >= 15 is 0 Å². The van der Waals surface area contributed by atoms with Gasteiger partial charge in [-0.05, 0) is 67.8 Å². The number of halogens is 5. The predicted octanol–water partition coefficient (Wildman–Crippen LogP) is 8.03. The molecule has 0 unspecified atom stereocenters. The van der Waals surface area contributed by atoms with Gasteiger partial charge in [0.05, 0.1) is 5.69 Å². The first-order valence-electron chi connectivity index (χ1n) is 12.3. The van der Waals surface area contributed by atoms with Crippen LogP contribution in [0.1, 0.15) is 46.2 Å². The number of amides is 1. The van der Waals surface area contributed by atoms with Gasteiger partial charge in [-0.3, -0.25) is 4.79 Å². The highest BCUT2D eigenvalue weighted by Crippen LogP contribution is 2.40. The van der Waals surface area contributed by atoms with Gasteiger partial charge in [0.15, 0.2) is 11.5 Å². The van der Waals surface area contributed by atoms with Gasteiger partial charge in [-0.15, -0.1) is 13.2 Å². The number of aryl methyl sites for hydroxylation is 3. The highest BCUT2D eigenvalue weighted by atomic mass is 19.4. The Morgan fingerprint density at radius 3 is 2.25 bits per heavy atom. The zero-order valence-corrected chi connectivity index (χ0v) is 22.0. The number of anilines is 1. The lowest BCUT2D eigenvalue weighted by molar-refractivity contribution is -0.274. The second-order valence-corrected chi connectivity index (χ2v) is 9.30. The van der Waals surface area contributed by atoms with Gasteiger partial charge < -0.3 is 15.3 Å².